The number of hydrogen-bond acceptors (Lipinski definition) is 5. The van der Waals surface area contributed by atoms with Gasteiger partial charge in [-0.05, 0) is 12.8 Å². The molecule has 3 N–H and O–H groups in total. The topological polar surface area (TPSA) is 87.9 Å². The second kappa shape index (κ2) is 5.62. The van der Waals surface area contributed by atoms with E-state index in [9.17, 15) is 4.79 Å². The molecule has 0 aromatic carbocycles. The summed E-state index contributed by atoms with van der Waals surface area (Å²) in [5.41, 5.74) is 10.3. The van der Waals surface area contributed by atoms with Crippen LogP contribution in [0.5, 0.6) is 0 Å². The van der Waals surface area contributed by atoms with E-state index < -0.39 is 0 Å². The summed E-state index contributed by atoms with van der Waals surface area (Å²) in [5, 5.41) is 6.90. The Morgan fingerprint density at radius 1 is 1.55 bits per heavy atom. The lowest BCUT2D eigenvalue weighted by Crippen LogP contribution is -2.27. The molecule has 0 aliphatic carbocycles. The quantitative estimate of drug-likeness (QED) is 0.904. The lowest BCUT2D eigenvalue weighted by atomic mass is 10.1. The molecular weight excluding hydrogens is 274 g/mol. The number of anilines is 1. The zero-order valence-electron chi connectivity index (χ0n) is 12.1. The van der Waals surface area contributed by atoms with Crippen LogP contribution in [-0.2, 0) is 6.54 Å². The summed E-state index contributed by atoms with van der Waals surface area (Å²) in [6, 6.07) is 0. The maximum absolute atomic E-state index is 12.4. The van der Waals surface area contributed by atoms with Crippen LogP contribution in [0.25, 0.3) is 0 Å². The van der Waals surface area contributed by atoms with Crippen molar-refractivity contribution in [2.75, 3.05) is 12.8 Å². The fraction of sp³-hybridized carbons (Fsp3) is 0.462. The number of hydrogen-bond donors (Lipinski definition) is 2. The zero-order chi connectivity index (χ0) is 14.9. The fourth-order valence-electron chi connectivity index (χ4n) is 1.91. The summed E-state index contributed by atoms with van der Waals surface area (Å²) in [6.45, 7) is 6.45. The van der Waals surface area contributed by atoms with Gasteiger partial charge in [0.25, 0.3) is 5.91 Å². The molecule has 1 amide bonds. The molecule has 20 heavy (non-hydrogen) atoms. The Hall–Kier alpha value is -1.89. The molecular formula is C13H19N5OS. The van der Waals surface area contributed by atoms with E-state index in [2.05, 4.69) is 15.2 Å². The van der Waals surface area contributed by atoms with Crippen LogP contribution in [0.1, 0.15) is 46.5 Å². The molecule has 0 spiro atoms. The SMILES string of the molecule is Cc1ncsc1CN(C)C(=O)c1n[nH]c(C(C)C)c1N. The minimum atomic E-state index is -0.182. The van der Waals surface area contributed by atoms with Gasteiger partial charge in [-0.15, -0.1) is 11.3 Å². The number of nitrogens with zero attached hydrogens (tertiary/aromatic N) is 3. The van der Waals surface area contributed by atoms with Crippen LogP contribution in [-0.4, -0.2) is 33.0 Å². The summed E-state index contributed by atoms with van der Waals surface area (Å²) < 4.78 is 0. The first kappa shape index (κ1) is 14.5. The summed E-state index contributed by atoms with van der Waals surface area (Å²) in [6.07, 6.45) is 0. The van der Waals surface area contributed by atoms with Gasteiger partial charge in [0, 0.05) is 11.9 Å². The standard InChI is InChI=1S/C13H19N5OS/c1-7(2)11-10(14)12(17-16-11)13(19)18(4)5-9-8(3)15-6-20-9/h6-7H,5,14H2,1-4H3,(H,16,17). The number of nitrogens with two attached hydrogens (primary N) is 1. The fourth-order valence-corrected chi connectivity index (χ4v) is 2.74. The third-order valence-electron chi connectivity index (χ3n) is 3.19. The largest absolute Gasteiger partial charge is 0.395 e. The van der Waals surface area contributed by atoms with E-state index in [4.69, 9.17) is 5.73 Å². The average molecular weight is 293 g/mol. The van der Waals surface area contributed by atoms with Gasteiger partial charge in [0.2, 0.25) is 0 Å². The Morgan fingerprint density at radius 2 is 2.25 bits per heavy atom. The third-order valence-corrected chi connectivity index (χ3v) is 4.11. The molecule has 108 valence electrons. The maximum atomic E-state index is 12.4. The van der Waals surface area contributed by atoms with Gasteiger partial charge in [0.1, 0.15) is 0 Å². The lowest BCUT2D eigenvalue weighted by Gasteiger charge is -2.15. The van der Waals surface area contributed by atoms with Gasteiger partial charge in [-0.1, -0.05) is 13.8 Å². The highest BCUT2D eigenvalue weighted by atomic mass is 32.1. The van der Waals surface area contributed by atoms with Crippen molar-refractivity contribution in [1.82, 2.24) is 20.1 Å². The highest BCUT2D eigenvalue weighted by molar-refractivity contribution is 7.09. The van der Waals surface area contributed by atoms with Crippen LogP contribution < -0.4 is 5.73 Å². The highest BCUT2D eigenvalue weighted by Crippen LogP contribution is 2.23. The molecule has 0 aliphatic rings. The number of thiazole rings is 1. The molecule has 0 bridgehead atoms. The van der Waals surface area contributed by atoms with Crippen molar-refractivity contribution in [3.8, 4) is 0 Å². The first-order valence-corrected chi connectivity index (χ1v) is 7.28. The van der Waals surface area contributed by atoms with Crippen molar-refractivity contribution < 1.29 is 4.79 Å². The molecule has 0 saturated carbocycles. The second-order valence-corrected chi connectivity index (χ2v) is 6.02. The first-order valence-electron chi connectivity index (χ1n) is 6.40. The Labute approximate surface area is 122 Å². The van der Waals surface area contributed by atoms with Crippen molar-refractivity contribution in [2.24, 2.45) is 0 Å². The van der Waals surface area contributed by atoms with Gasteiger partial charge in [0.05, 0.1) is 29.1 Å². The van der Waals surface area contributed by atoms with Gasteiger partial charge in [-0.2, -0.15) is 5.10 Å². The predicted molar refractivity (Wildman–Crippen MR) is 79.7 cm³/mol. The van der Waals surface area contributed by atoms with Crippen LogP contribution in [0.3, 0.4) is 0 Å². The summed E-state index contributed by atoms with van der Waals surface area (Å²) >= 11 is 1.54. The number of amides is 1. The van der Waals surface area contributed by atoms with Crippen molar-refractivity contribution in [1.29, 1.82) is 0 Å². The normalized spacial score (nSPS) is 11.1. The van der Waals surface area contributed by atoms with Crippen molar-refractivity contribution in [3.63, 3.8) is 0 Å². The number of aryl methyl sites for hydroxylation is 1. The minimum Gasteiger partial charge on any atom is -0.395 e. The van der Waals surface area contributed by atoms with Gasteiger partial charge < -0.3 is 10.6 Å². The summed E-state index contributed by atoms with van der Waals surface area (Å²) in [7, 11) is 1.74. The second-order valence-electron chi connectivity index (χ2n) is 5.08. The number of H-pyrrole nitrogens is 1. The monoisotopic (exact) mass is 293 g/mol. The number of aromatic amines is 1. The first-order chi connectivity index (χ1) is 9.41. The molecule has 0 fully saturated rings. The van der Waals surface area contributed by atoms with Gasteiger partial charge >= 0.3 is 0 Å². The van der Waals surface area contributed by atoms with E-state index in [1.165, 1.54) is 0 Å². The Balaban J connectivity index is 2.17. The number of rotatable bonds is 4. The van der Waals surface area contributed by atoms with Gasteiger partial charge in [-0.3, -0.25) is 9.89 Å². The maximum Gasteiger partial charge on any atom is 0.276 e. The smallest absolute Gasteiger partial charge is 0.276 e. The van der Waals surface area contributed by atoms with Crippen LogP contribution in [0.15, 0.2) is 5.51 Å². The highest BCUT2D eigenvalue weighted by Gasteiger charge is 2.22. The number of nitrogen functional groups attached to an aromatic ring is 1. The Bertz CT molecular complexity index is 616. The van der Waals surface area contributed by atoms with Crippen molar-refractivity contribution in [3.05, 3.63) is 27.5 Å². The third kappa shape index (κ3) is 2.67. The van der Waals surface area contributed by atoms with Crippen molar-refractivity contribution in [2.45, 2.75) is 33.2 Å². The molecule has 0 unspecified atom stereocenters. The van der Waals surface area contributed by atoms with Crippen LogP contribution >= 0.6 is 11.3 Å². The summed E-state index contributed by atoms with van der Waals surface area (Å²) in [5.74, 6) is 0.0246. The number of aromatic nitrogens is 3. The van der Waals surface area contributed by atoms with E-state index in [0.29, 0.717) is 17.9 Å². The predicted octanol–water partition coefficient (Wildman–Crippen LogP) is 2.15. The number of carbonyl (C=O) groups is 1. The van der Waals surface area contributed by atoms with Crippen LogP contribution in [0.2, 0.25) is 0 Å². The molecule has 2 aromatic rings. The molecule has 7 heteroatoms. The van der Waals surface area contributed by atoms with E-state index in [-0.39, 0.29) is 11.8 Å². The van der Waals surface area contributed by atoms with E-state index in [1.807, 2.05) is 20.8 Å². The van der Waals surface area contributed by atoms with Crippen LogP contribution in [0.4, 0.5) is 5.69 Å². The molecule has 0 aliphatic heterocycles. The molecule has 0 atom stereocenters. The number of nitrogens with one attached hydrogen (secondary N) is 1. The average Bonchev–Trinajstić information content (AvgIpc) is 2.95. The Morgan fingerprint density at radius 3 is 2.75 bits per heavy atom. The van der Waals surface area contributed by atoms with E-state index in [0.717, 1.165) is 16.3 Å². The zero-order valence-corrected chi connectivity index (χ0v) is 12.9. The summed E-state index contributed by atoms with van der Waals surface area (Å²) in [4.78, 5) is 19.2. The lowest BCUT2D eigenvalue weighted by molar-refractivity contribution is 0.0781. The van der Waals surface area contributed by atoms with Crippen LogP contribution in [0, 0.1) is 6.92 Å². The minimum absolute atomic E-state index is 0.182. The molecule has 2 aromatic heterocycles. The molecule has 2 heterocycles. The van der Waals surface area contributed by atoms with Gasteiger partial charge in [-0.25, -0.2) is 4.98 Å². The molecule has 0 saturated heterocycles. The molecule has 6 nitrogen and oxygen atoms in total. The Kier molecular flexibility index (Phi) is 4.08. The van der Waals surface area contributed by atoms with Crippen molar-refractivity contribution >= 4 is 22.9 Å². The number of carbonyl (C=O) groups excluding carboxylic acids is 1. The molecule has 0 radical (unpaired) electrons. The van der Waals surface area contributed by atoms with E-state index >= 15 is 0 Å². The van der Waals surface area contributed by atoms with Gasteiger partial charge in [0.15, 0.2) is 5.69 Å². The molecule has 2 rings (SSSR count). The van der Waals surface area contributed by atoms with E-state index in [1.54, 1.807) is 28.8 Å².